The summed E-state index contributed by atoms with van der Waals surface area (Å²) in [7, 11) is -1.94. The Morgan fingerprint density at radius 3 is 2.39 bits per heavy atom. The van der Waals surface area contributed by atoms with Crippen LogP contribution in [0, 0.1) is 0 Å². The zero-order chi connectivity index (χ0) is 13.2. The van der Waals surface area contributed by atoms with Crippen molar-refractivity contribution in [3.05, 3.63) is 30.3 Å². The number of aliphatic hydroxyl groups is 1. The van der Waals surface area contributed by atoms with Gasteiger partial charge in [0.25, 0.3) is 0 Å². The average Bonchev–Trinajstić information content (AvgIpc) is 2.39. The molecule has 1 aliphatic carbocycles. The van der Waals surface area contributed by atoms with Crippen molar-refractivity contribution in [3.63, 3.8) is 0 Å². The molecule has 0 heterocycles. The molecule has 0 spiro atoms. The van der Waals surface area contributed by atoms with Gasteiger partial charge in [-0.05, 0) is 25.0 Å². The normalized spacial score (nSPS) is 25.3. The van der Waals surface area contributed by atoms with Gasteiger partial charge in [0.05, 0.1) is 17.0 Å². The van der Waals surface area contributed by atoms with Gasteiger partial charge in [-0.3, -0.25) is 0 Å². The van der Waals surface area contributed by atoms with Crippen LogP contribution in [0.4, 0.5) is 0 Å². The van der Waals surface area contributed by atoms with E-state index in [1.165, 1.54) is 4.31 Å². The molecular weight excluding hydrogens is 250 g/mol. The minimum absolute atomic E-state index is 0.283. The van der Waals surface area contributed by atoms with E-state index in [2.05, 4.69) is 0 Å². The number of hydrogen-bond donors (Lipinski definition) is 1. The van der Waals surface area contributed by atoms with Crippen molar-refractivity contribution in [2.75, 3.05) is 7.05 Å². The summed E-state index contributed by atoms with van der Waals surface area (Å²) in [4.78, 5) is 0.283. The van der Waals surface area contributed by atoms with Crippen molar-refractivity contribution < 1.29 is 13.5 Å². The fourth-order valence-corrected chi connectivity index (χ4v) is 3.89. The summed E-state index contributed by atoms with van der Waals surface area (Å²) in [5.74, 6) is 0. The van der Waals surface area contributed by atoms with Crippen LogP contribution in [0.3, 0.4) is 0 Å². The predicted octanol–water partition coefficient (Wildman–Crippen LogP) is 1.61. The summed E-state index contributed by atoms with van der Waals surface area (Å²) in [6, 6.07) is 8.07. The van der Waals surface area contributed by atoms with Gasteiger partial charge in [0.2, 0.25) is 10.0 Å². The van der Waals surface area contributed by atoms with Crippen molar-refractivity contribution in [2.24, 2.45) is 0 Å². The monoisotopic (exact) mass is 269 g/mol. The molecule has 18 heavy (non-hydrogen) atoms. The lowest BCUT2D eigenvalue weighted by Gasteiger charge is -2.34. The lowest BCUT2D eigenvalue weighted by atomic mass is 9.93. The standard InChI is InChI=1S/C13H19NO3S/c1-14(12-9-5-6-10-13(12)15)18(16,17)11-7-3-2-4-8-11/h2-4,7-8,12-13,15H,5-6,9-10H2,1H3/t12-,13-/m0/s1. The average molecular weight is 269 g/mol. The second-order valence-corrected chi connectivity index (χ2v) is 6.75. The SMILES string of the molecule is CN([C@H]1CCCC[C@@H]1O)S(=O)(=O)c1ccccc1. The molecule has 0 bridgehead atoms. The highest BCUT2D eigenvalue weighted by molar-refractivity contribution is 7.89. The van der Waals surface area contributed by atoms with Crippen molar-refractivity contribution in [1.29, 1.82) is 0 Å². The molecule has 1 fully saturated rings. The van der Waals surface area contributed by atoms with Crippen molar-refractivity contribution in [1.82, 2.24) is 4.31 Å². The molecule has 1 aromatic carbocycles. The van der Waals surface area contributed by atoms with Crippen LogP contribution in [-0.2, 0) is 10.0 Å². The van der Waals surface area contributed by atoms with Gasteiger partial charge in [0, 0.05) is 7.05 Å². The van der Waals surface area contributed by atoms with Crippen LogP contribution in [-0.4, -0.2) is 37.0 Å². The fourth-order valence-electron chi connectivity index (χ4n) is 2.45. The van der Waals surface area contributed by atoms with Crippen molar-refractivity contribution in [3.8, 4) is 0 Å². The maximum atomic E-state index is 12.4. The first-order valence-corrected chi connectivity index (χ1v) is 7.68. The van der Waals surface area contributed by atoms with E-state index in [4.69, 9.17) is 0 Å². The number of rotatable bonds is 3. The van der Waals surface area contributed by atoms with Crippen LogP contribution < -0.4 is 0 Å². The number of nitrogens with zero attached hydrogens (tertiary/aromatic N) is 1. The van der Waals surface area contributed by atoms with Gasteiger partial charge in [-0.15, -0.1) is 0 Å². The Hall–Kier alpha value is -0.910. The lowest BCUT2D eigenvalue weighted by Crippen LogP contribution is -2.46. The molecule has 1 N–H and O–H groups in total. The van der Waals surface area contributed by atoms with Gasteiger partial charge < -0.3 is 5.11 Å². The minimum Gasteiger partial charge on any atom is -0.391 e. The highest BCUT2D eigenvalue weighted by atomic mass is 32.2. The molecular formula is C13H19NO3S. The van der Waals surface area contributed by atoms with Crippen LogP contribution in [0.5, 0.6) is 0 Å². The van der Waals surface area contributed by atoms with E-state index in [1.807, 2.05) is 0 Å². The number of benzene rings is 1. The molecule has 0 saturated heterocycles. The molecule has 100 valence electrons. The zero-order valence-electron chi connectivity index (χ0n) is 10.5. The molecule has 5 heteroatoms. The van der Waals surface area contributed by atoms with Crippen LogP contribution in [0.25, 0.3) is 0 Å². The van der Waals surface area contributed by atoms with E-state index >= 15 is 0 Å². The number of aliphatic hydroxyl groups excluding tert-OH is 1. The van der Waals surface area contributed by atoms with Crippen molar-refractivity contribution >= 4 is 10.0 Å². The van der Waals surface area contributed by atoms with E-state index in [0.717, 1.165) is 19.3 Å². The molecule has 4 nitrogen and oxygen atoms in total. The Morgan fingerprint density at radius 2 is 1.78 bits per heavy atom. The van der Waals surface area contributed by atoms with Crippen LogP contribution >= 0.6 is 0 Å². The summed E-state index contributed by atoms with van der Waals surface area (Å²) in [5.41, 5.74) is 0. The molecule has 0 aliphatic heterocycles. The summed E-state index contributed by atoms with van der Waals surface area (Å²) in [6.45, 7) is 0. The third-order valence-electron chi connectivity index (χ3n) is 3.58. The fraction of sp³-hybridized carbons (Fsp3) is 0.538. The summed E-state index contributed by atoms with van der Waals surface area (Å²) < 4.78 is 26.1. The van der Waals surface area contributed by atoms with Gasteiger partial charge in [-0.2, -0.15) is 4.31 Å². The molecule has 0 aromatic heterocycles. The summed E-state index contributed by atoms with van der Waals surface area (Å²) >= 11 is 0. The quantitative estimate of drug-likeness (QED) is 0.907. The molecule has 0 unspecified atom stereocenters. The molecule has 0 amide bonds. The molecule has 1 aromatic rings. The van der Waals surface area contributed by atoms with Crippen LogP contribution in [0.1, 0.15) is 25.7 Å². The maximum Gasteiger partial charge on any atom is 0.243 e. The maximum absolute atomic E-state index is 12.4. The molecule has 2 atom stereocenters. The second kappa shape index (κ2) is 5.38. The van der Waals surface area contributed by atoms with E-state index in [9.17, 15) is 13.5 Å². The van der Waals surface area contributed by atoms with E-state index in [-0.39, 0.29) is 10.9 Å². The molecule has 2 rings (SSSR count). The smallest absolute Gasteiger partial charge is 0.243 e. The van der Waals surface area contributed by atoms with Crippen LogP contribution in [0.15, 0.2) is 35.2 Å². The van der Waals surface area contributed by atoms with Gasteiger partial charge in [-0.1, -0.05) is 31.0 Å². The Bertz CT molecular complexity index is 486. The van der Waals surface area contributed by atoms with E-state index in [0.29, 0.717) is 6.42 Å². The topological polar surface area (TPSA) is 57.6 Å². The van der Waals surface area contributed by atoms with Crippen LogP contribution in [0.2, 0.25) is 0 Å². The highest BCUT2D eigenvalue weighted by Gasteiger charge is 2.33. The Morgan fingerprint density at radius 1 is 1.17 bits per heavy atom. The van der Waals surface area contributed by atoms with E-state index < -0.39 is 16.1 Å². The summed E-state index contributed by atoms with van der Waals surface area (Å²) in [5, 5.41) is 9.94. The Kier molecular flexibility index (Phi) is 4.04. The number of hydrogen-bond acceptors (Lipinski definition) is 3. The van der Waals surface area contributed by atoms with Crippen molar-refractivity contribution in [2.45, 2.75) is 42.7 Å². The molecule has 1 saturated carbocycles. The minimum atomic E-state index is -3.50. The Labute approximate surface area is 108 Å². The highest BCUT2D eigenvalue weighted by Crippen LogP contribution is 2.26. The predicted molar refractivity (Wildman–Crippen MR) is 69.7 cm³/mol. The largest absolute Gasteiger partial charge is 0.391 e. The molecule has 1 aliphatic rings. The third-order valence-corrected chi connectivity index (χ3v) is 5.48. The summed E-state index contributed by atoms with van der Waals surface area (Å²) in [6.07, 6.45) is 2.79. The van der Waals surface area contributed by atoms with Gasteiger partial charge in [0.15, 0.2) is 0 Å². The first kappa shape index (κ1) is 13.5. The van der Waals surface area contributed by atoms with Gasteiger partial charge in [-0.25, -0.2) is 8.42 Å². The third kappa shape index (κ3) is 2.58. The van der Waals surface area contributed by atoms with Gasteiger partial charge in [0.1, 0.15) is 0 Å². The first-order chi connectivity index (χ1) is 8.53. The lowest BCUT2D eigenvalue weighted by molar-refractivity contribution is 0.0638. The first-order valence-electron chi connectivity index (χ1n) is 6.24. The Balaban J connectivity index is 2.25. The second-order valence-electron chi connectivity index (χ2n) is 4.75. The zero-order valence-corrected chi connectivity index (χ0v) is 11.3. The number of sulfonamides is 1. The van der Waals surface area contributed by atoms with Gasteiger partial charge >= 0.3 is 0 Å². The number of likely N-dealkylation sites (N-methyl/N-ethyl adjacent to an activating group) is 1. The molecule has 0 radical (unpaired) electrons. The van der Waals surface area contributed by atoms with E-state index in [1.54, 1.807) is 37.4 Å².